The summed E-state index contributed by atoms with van der Waals surface area (Å²) in [6.45, 7) is 8.32. The number of nitrogens with one attached hydrogen (secondary N) is 1. The topological polar surface area (TPSA) is 12.0 Å². The lowest BCUT2D eigenvalue weighted by atomic mass is 9.86. The van der Waals surface area contributed by atoms with Gasteiger partial charge < -0.3 is 5.32 Å². The maximum Gasteiger partial charge on any atom is 0.126 e. The fraction of sp³-hybridized carbons (Fsp3) is 0.600. The second kappa shape index (κ2) is 6.83. The zero-order valence-electron chi connectivity index (χ0n) is 11.5. The molecule has 1 aromatic rings. The third-order valence-corrected chi connectivity index (χ3v) is 3.11. The van der Waals surface area contributed by atoms with Gasteiger partial charge in [0.25, 0.3) is 0 Å². The van der Waals surface area contributed by atoms with Gasteiger partial charge in [-0.15, -0.1) is 0 Å². The molecular weight excluding hydrogens is 232 g/mol. The molecule has 1 rings (SSSR count). The quantitative estimate of drug-likeness (QED) is 0.728. The molecule has 1 nitrogen and oxygen atoms in total. The van der Waals surface area contributed by atoms with Crippen LogP contribution in [-0.4, -0.2) is 13.1 Å². The average Bonchev–Trinajstić information content (AvgIpc) is 2.31. The Morgan fingerprint density at radius 1 is 1.22 bits per heavy atom. The summed E-state index contributed by atoms with van der Waals surface area (Å²) in [6, 6.07) is 3.66. The van der Waals surface area contributed by atoms with Crippen LogP contribution in [0, 0.1) is 17.0 Å². The van der Waals surface area contributed by atoms with E-state index in [9.17, 15) is 8.78 Å². The number of hydrogen-bond donors (Lipinski definition) is 1. The maximum atomic E-state index is 13.5. The minimum Gasteiger partial charge on any atom is -0.316 e. The molecule has 1 N–H and O–H groups in total. The van der Waals surface area contributed by atoms with Crippen LogP contribution in [0.3, 0.4) is 0 Å². The van der Waals surface area contributed by atoms with Crippen LogP contribution >= 0.6 is 0 Å². The average molecular weight is 255 g/mol. The monoisotopic (exact) mass is 255 g/mol. The Balaban J connectivity index is 2.50. The molecule has 0 spiro atoms. The van der Waals surface area contributed by atoms with Gasteiger partial charge in [0, 0.05) is 6.54 Å². The van der Waals surface area contributed by atoms with Crippen LogP contribution in [0.15, 0.2) is 18.2 Å². The van der Waals surface area contributed by atoms with E-state index in [2.05, 4.69) is 26.1 Å². The number of aryl methyl sites for hydroxylation is 1. The van der Waals surface area contributed by atoms with Crippen molar-refractivity contribution in [2.45, 2.75) is 40.0 Å². The second-order valence-corrected chi connectivity index (χ2v) is 5.58. The van der Waals surface area contributed by atoms with Gasteiger partial charge in [0.1, 0.15) is 11.6 Å². The smallest absolute Gasteiger partial charge is 0.126 e. The van der Waals surface area contributed by atoms with Crippen LogP contribution in [-0.2, 0) is 6.42 Å². The van der Waals surface area contributed by atoms with Crippen molar-refractivity contribution < 1.29 is 8.78 Å². The van der Waals surface area contributed by atoms with Crippen LogP contribution in [0.5, 0.6) is 0 Å². The third-order valence-electron chi connectivity index (χ3n) is 3.11. The number of halogens is 2. The number of benzene rings is 1. The second-order valence-electron chi connectivity index (χ2n) is 5.58. The highest BCUT2D eigenvalue weighted by molar-refractivity contribution is 5.19. The van der Waals surface area contributed by atoms with Crippen LogP contribution in [0.2, 0.25) is 0 Å². The molecule has 18 heavy (non-hydrogen) atoms. The van der Waals surface area contributed by atoms with E-state index in [1.165, 1.54) is 12.1 Å². The third kappa shape index (κ3) is 5.13. The van der Waals surface area contributed by atoms with Gasteiger partial charge >= 0.3 is 0 Å². The van der Waals surface area contributed by atoms with Crippen LogP contribution < -0.4 is 5.32 Å². The van der Waals surface area contributed by atoms with E-state index in [4.69, 9.17) is 0 Å². The van der Waals surface area contributed by atoms with E-state index in [0.29, 0.717) is 12.0 Å². The Labute approximate surface area is 109 Å². The van der Waals surface area contributed by atoms with E-state index in [1.807, 2.05) is 0 Å². The molecule has 0 aliphatic heterocycles. The zero-order chi connectivity index (χ0) is 13.6. The molecule has 0 fully saturated rings. The molecule has 0 unspecified atom stereocenters. The largest absolute Gasteiger partial charge is 0.316 e. The molecule has 0 atom stereocenters. The summed E-state index contributed by atoms with van der Waals surface area (Å²) < 4.78 is 26.5. The lowest BCUT2D eigenvalue weighted by molar-refractivity contribution is 0.313. The number of hydrogen-bond acceptors (Lipinski definition) is 1. The van der Waals surface area contributed by atoms with Crippen molar-refractivity contribution >= 4 is 0 Å². The lowest BCUT2D eigenvalue weighted by Crippen LogP contribution is -2.30. The SMILES string of the molecule is CCCNCC(C)(C)CCc1cc(F)ccc1F. The van der Waals surface area contributed by atoms with Gasteiger partial charge in [-0.05, 0) is 55.0 Å². The predicted octanol–water partition coefficient (Wildman–Crippen LogP) is 3.92. The molecule has 0 amide bonds. The van der Waals surface area contributed by atoms with Crippen molar-refractivity contribution in [1.82, 2.24) is 5.32 Å². The summed E-state index contributed by atoms with van der Waals surface area (Å²) in [5.41, 5.74) is 0.562. The summed E-state index contributed by atoms with van der Waals surface area (Å²) in [4.78, 5) is 0. The van der Waals surface area contributed by atoms with Crippen molar-refractivity contribution in [3.05, 3.63) is 35.4 Å². The minimum absolute atomic E-state index is 0.0912. The fourth-order valence-electron chi connectivity index (χ4n) is 1.90. The van der Waals surface area contributed by atoms with Crippen LogP contribution in [0.25, 0.3) is 0 Å². The van der Waals surface area contributed by atoms with Gasteiger partial charge in [-0.2, -0.15) is 0 Å². The maximum absolute atomic E-state index is 13.5. The first-order valence-electron chi connectivity index (χ1n) is 6.59. The van der Waals surface area contributed by atoms with Crippen molar-refractivity contribution in [1.29, 1.82) is 0 Å². The van der Waals surface area contributed by atoms with Gasteiger partial charge in [0.05, 0.1) is 0 Å². The van der Waals surface area contributed by atoms with E-state index < -0.39 is 0 Å². The standard InChI is InChI=1S/C15H23F2N/c1-4-9-18-11-15(2,3)8-7-12-10-13(16)5-6-14(12)17/h5-6,10,18H,4,7-9,11H2,1-3H3. The molecule has 0 radical (unpaired) electrons. The molecule has 0 aliphatic carbocycles. The summed E-state index contributed by atoms with van der Waals surface area (Å²) in [7, 11) is 0. The van der Waals surface area contributed by atoms with Crippen molar-refractivity contribution in [2.75, 3.05) is 13.1 Å². The molecule has 0 bridgehead atoms. The van der Waals surface area contributed by atoms with Crippen molar-refractivity contribution in [2.24, 2.45) is 5.41 Å². The summed E-state index contributed by atoms with van der Waals surface area (Å²) in [6.07, 6.45) is 2.52. The molecule has 0 saturated carbocycles. The van der Waals surface area contributed by atoms with E-state index in [-0.39, 0.29) is 17.0 Å². The van der Waals surface area contributed by atoms with E-state index in [0.717, 1.165) is 32.0 Å². The first kappa shape index (κ1) is 15.1. The van der Waals surface area contributed by atoms with Gasteiger partial charge in [0.2, 0.25) is 0 Å². The van der Waals surface area contributed by atoms with Crippen LogP contribution in [0.1, 0.15) is 39.2 Å². The Kier molecular flexibility index (Phi) is 5.73. The minimum atomic E-state index is -0.367. The van der Waals surface area contributed by atoms with Gasteiger partial charge in [-0.1, -0.05) is 20.8 Å². The molecule has 1 aromatic carbocycles. The van der Waals surface area contributed by atoms with Gasteiger partial charge in [-0.3, -0.25) is 0 Å². The molecule has 102 valence electrons. The van der Waals surface area contributed by atoms with Crippen molar-refractivity contribution in [3.8, 4) is 0 Å². The Morgan fingerprint density at radius 3 is 2.61 bits per heavy atom. The first-order valence-corrected chi connectivity index (χ1v) is 6.59. The Bertz CT molecular complexity index is 375. The van der Waals surface area contributed by atoms with Crippen molar-refractivity contribution in [3.63, 3.8) is 0 Å². The highest BCUT2D eigenvalue weighted by atomic mass is 19.1. The fourth-order valence-corrected chi connectivity index (χ4v) is 1.90. The van der Waals surface area contributed by atoms with Gasteiger partial charge in [-0.25, -0.2) is 8.78 Å². The highest BCUT2D eigenvalue weighted by Crippen LogP contribution is 2.23. The molecule has 3 heteroatoms. The zero-order valence-corrected chi connectivity index (χ0v) is 11.5. The summed E-state index contributed by atoms with van der Waals surface area (Å²) in [5, 5.41) is 3.37. The summed E-state index contributed by atoms with van der Waals surface area (Å²) in [5.74, 6) is -0.679. The van der Waals surface area contributed by atoms with E-state index >= 15 is 0 Å². The normalized spacial score (nSPS) is 11.8. The first-order chi connectivity index (χ1) is 8.44. The molecule has 0 heterocycles. The highest BCUT2D eigenvalue weighted by Gasteiger charge is 2.18. The summed E-state index contributed by atoms with van der Waals surface area (Å²) >= 11 is 0. The molecule has 0 aromatic heterocycles. The Hall–Kier alpha value is -0.960. The molecular formula is C15H23F2N. The lowest BCUT2D eigenvalue weighted by Gasteiger charge is -2.25. The van der Waals surface area contributed by atoms with Crippen LogP contribution in [0.4, 0.5) is 8.78 Å². The van der Waals surface area contributed by atoms with E-state index in [1.54, 1.807) is 0 Å². The Morgan fingerprint density at radius 2 is 1.94 bits per heavy atom. The molecule has 0 aliphatic rings. The van der Waals surface area contributed by atoms with Gasteiger partial charge in [0.15, 0.2) is 0 Å². The predicted molar refractivity (Wildman–Crippen MR) is 71.6 cm³/mol. The molecule has 0 saturated heterocycles. The number of rotatable bonds is 7.